The van der Waals surface area contributed by atoms with E-state index in [0.717, 1.165) is 4.31 Å². The van der Waals surface area contributed by atoms with Crippen molar-refractivity contribution in [3.8, 4) is 17.2 Å². The number of primary amides is 1. The number of hydrogen-bond acceptors (Lipinski definition) is 8. The molecule has 12 nitrogen and oxygen atoms in total. The van der Waals surface area contributed by atoms with Gasteiger partial charge in [0.2, 0.25) is 22.7 Å². The molecular formula is C26H35N3O9S. The molecule has 2 aromatic carbocycles. The number of aliphatic hydroxyl groups excluding tert-OH is 1. The SMILES string of the molecule is CC(C)CN(C[C@@H](O)[C@H](Cc1ccc(OCCCC(N)=O)cc1)NC(=O)O)S(=O)(=O)c1ccc2c(c1)OCO2. The van der Waals surface area contributed by atoms with Crippen LogP contribution in [0.1, 0.15) is 32.3 Å². The maximum atomic E-state index is 13.5. The van der Waals surface area contributed by atoms with Gasteiger partial charge in [-0.2, -0.15) is 4.31 Å². The molecule has 0 radical (unpaired) electrons. The highest BCUT2D eigenvalue weighted by Gasteiger charge is 2.32. The van der Waals surface area contributed by atoms with Crippen LogP contribution in [-0.4, -0.2) is 73.6 Å². The number of amides is 2. The molecule has 214 valence electrons. The van der Waals surface area contributed by atoms with Gasteiger partial charge >= 0.3 is 6.09 Å². The van der Waals surface area contributed by atoms with Crippen molar-refractivity contribution in [3.05, 3.63) is 48.0 Å². The molecule has 2 aromatic rings. The fourth-order valence-electron chi connectivity index (χ4n) is 4.05. The Labute approximate surface area is 227 Å². The quantitative estimate of drug-likeness (QED) is 0.235. The summed E-state index contributed by atoms with van der Waals surface area (Å²) in [7, 11) is -4.05. The first-order valence-electron chi connectivity index (χ1n) is 12.5. The Hall–Kier alpha value is -3.55. The molecule has 1 aliphatic rings. The lowest BCUT2D eigenvalue weighted by molar-refractivity contribution is -0.118. The van der Waals surface area contributed by atoms with Crippen LogP contribution in [0.25, 0.3) is 0 Å². The highest BCUT2D eigenvalue weighted by Crippen LogP contribution is 2.35. The van der Waals surface area contributed by atoms with E-state index in [-0.39, 0.29) is 43.5 Å². The zero-order chi connectivity index (χ0) is 28.6. The lowest BCUT2D eigenvalue weighted by atomic mass is 10.0. The summed E-state index contributed by atoms with van der Waals surface area (Å²) in [5.74, 6) is 0.844. The summed E-state index contributed by atoms with van der Waals surface area (Å²) in [6.45, 7) is 3.78. The minimum atomic E-state index is -4.05. The molecule has 0 bridgehead atoms. The van der Waals surface area contributed by atoms with Gasteiger partial charge in [0, 0.05) is 25.6 Å². The van der Waals surface area contributed by atoms with Crippen molar-refractivity contribution in [1.29, 1.82) is 0 Å². The molecule has 2 amide bonds. The van der Waals surface area contributed by atoms with E-state index in [9.17, 15) is 28.2 Å². The second-order valence-corrected chi connectivity index (χ2v) is 11.6. The standard InChI is InChI=1S/C26H35N3O9S/c1-17(2)14-29(39(34,35)20-9-10-23-24(13-20)38-16-37-23)15-22(30)21(28-26(32)33)12-18-5-7-19(8-6-18)36-11-3-4-25(27)31/h5-10,13,17,21-22,28,30H,3-4,11-12,14-16H2,1-2H3,(H2,27,31)(H,32,33)/t21-,22+/m0/s1. The Morgan fingerprint density at radius 1 is 1.10 bits per heavy atom. The molecule has 0 saturated carbocycles. The van der Waals surface area contributed by atoms with Gasteiger partial charge in [-0.3, -0.25) is 4.79 Å². The summed E-state index contributed by atoms with van der Waals surface area (Å²) in [5.41, 5.74) is 5.81. The molecule has 0 fully saturated rings. The minimum absolute atomic E-state index is 0.00179. The predicted molar refractivity (Wildman–Crippen MR) is 141 cm³/mol. The van der Waals surface area contributed by atoms with Gasteiger partial charge in [0.25, 0.3) is 0 Å². The van der Waals surface area contributed by atoms with Gasteiger partial charge in [-0.15, -0.1) is 0 Å². The van der Waals surface area contributed by atoms with Crippen LogP contribution in [0.5, 0.6) is 17.2 Å². The first-order valence-corrected chi connectivity index (χ1v) is 14.0. The number of aliphatic hydroxyl groups is 1. The van der Waals surface area contributed by atoms with Crippen LogP contribution in [0.4, 0.5) is 4.79 Å². The number of nitrogens with one attached hydrogen (secondary N) is 1. The molecule has 0 aliphatic carbocycles. The highest BCUT2D eigenvalue weighted by molar-refractivity contribution is 7.89. The van der Waals surface area contributed by atoms with Crippen molar-refractivity contribution in [2.24, 2.45) is 11.7 Å². The van der Waals surface area contributed by atoms with Crippen molar-refractivity contribution in [1.82, 2.24) is 9.62 Å². The number of benzene rings is 2. The summed E-state index contributed by atoms with van der Waals surface area (Å²) >= 11 is 0. The Balaban J connectivity index is 1.73. The third kappa shape index (κ3) is 8.73. The lowest BCUT2D eigenvalue weighted by Gasteiger charge is -2.30. The third-order valence-electron chi connectivity index (χ3n) is 5.93. The van der Waals surface area contributed by atoms with Crippen molar-refractivity contribution in [2.45, 2.75) is 50.2 Å². The number of sulfonamides is 1. The van der Waals surface area contributed by atoms with Gasteiger partial charge in [-0.1, -0.05) is 26.0 Å². The molecule has 0 aromatic heterocycles. The van der Waals surface area contributed by atoms with Gasteiger partial charge in [0.1, 0.15) is 5.75 Å². The van der Waals surface area contributed by atoms with Gasteiger partial charge in [-0.05, 0) is 48.6 Å². The first-order chi connectivity index (χ1) is 18.5. The summed E-state index contributed by atoms with van der Waals surface area (Å²) in [6.07, 6.45) is -1.89. The molecule has 1 aliphatic heterocycles. The van der Waals surface area contributed by atoms with Gasteiger partial charge in [-0.25, -0.2) is 13.2 Å². The number of carbonyl (C=O) groups is 2. The Bertz CT molecular complexity index is 1240. The van der Waals surface area contributed by atoms with E-state index in [1.54, 1.807) is 24.3 Å². The van der Waals surface area contributed by atoms with E-state index in [1.807, 2.05) is 13.8 Å². The van der Waals surface area contributed by atoms with E-state index >= 15 is 0 Å². The molecule has 13 heteroatoms. The van der Waals surface area contributed by atoms with Crippen molar-refractivity contribution < 1.29 is 42.4 Å². The molecule has 0 spiro atoms. The average molecular weight is 566 g/mol. The predicted octanol–water partition coefficient (Wildman–Crippen LogP) is 1.95. The van der Waals surface area contributed by atoms with Crippen LogP contribution in [0.2, 0.25) is 0 Å². The molecule has 5 N–H and O–H groups in total. The van der Waals surface area contributed by atoms with Crippen molar-refractivity contribution in [3.63, 3.8) is 0 Å². The number of rotatable bonds is 15. The van der Waals surface area contributed by atoms with Gasteiger partial charge in [0.05, 0.1) is 23.6 Å². The fourth-order valence-corrected chi connectivity index (χ4v) is 5.69. The number of hydrogen-bond donors (Lipinski definition) is 4. The second kappa shape index (κ2) is 13.5. The normalized spacial score (nSPS) is 14.3. The Morgan fingerprint density at radius 2 is 1.79 bits per heavy atom. The first kappa shape index (κ1) is 30.0. The molecule has 0 saturated heterocycles. The topological polar surface area (TPSA) is 178 Å². The minimum Gasteiger partial charge on any atom is -0.494 e. The number of nitrogens with two attached hydrogens (primary N) is 1. The Kier molecular flexibility index (Phi) is 10.4. The summed E-state index contributed by atoms with van der Waals surface area (Å²) in [5, 5.41) is 22.8. The molecule has 3 rings (SSSR count). The van der Waals surface area contributed by atoms with E-state index < -0.39 is 34.2 Å². The van der Waals surface area contributed by atoms with E-state index in [1.165, 1.54) is 18.2 Å². The average Bonchev–Trinajstić information content (AvgIpc) is 3.34. The smallest absolute Gasteiger partial charge is 0.404 e. The van der Waals surface area contributed by atoms with E-state index in [2.05, 4.69) is 5.32 Å². The number of carboxylic acid groups (broad SMARTS) is 1. The monoisotopic (exact) mass is 565 g/mol. The summed E-state index contributed by atoms with van der Waals surface area (Å²) in [6, 6.07) is 10.1. The number of fused-ring (bicyclic) bond motifs is 1. The maximum Gasteiger partial charge on any atom is 0.404 e. The number of nitrogens with zero attached hydrogens (tertiary/aromatic N) is 1. The van der Waals surface area contributed by atoms with Crippen LogP contribution in [0.15, 0.2) is 47.4 Å². The van der Waals surface area contributed by atoms with Crippen LogP contribution < -0.4 is 25.3 Å². The number of ether oxygens (including phenoxy) is 3. The van der Waals surface area contributed by atoms with Crippen LogP contribution in [-0.2, 0) is 21.2 Å². The molecule has 2 atom stereocenters. The lowest BCUT2D eigenvalue weighted by Crippen LogP contribution is -2.50. The second-order valence-electron chi connectivity index (χ2n) is 9.62. The van der Waals surface area contributed by atoms with E-state index in [4.69, 9.17) is 19.9 Å². The van der Waals surface area contributed by atoms with Crippen molar-refractivity contribution in [2.75, 3.05) is 26.5 Å². The van der Waals surface area contributed by atoms with Crippen molar-refractivity contribution >= 4 is 22.0 Å². The summed E-state index contributed by atoms with van der Waals surface area (Å²) in [4.78, 5) is 22.3. The Morgan fingerprint density at radius 3 is 2.44 bits per heavy atom. The molecule has 0 unspecified atom stereocenters. The van der Waals surface area contributed by atoms with Crippen LogP contribution >= 0.6 is 0 Å². The van der Waals surface area contributed by atoms with Crippen LogP contribution in [0, 0.1) is 5.92 Å². The maximum absolute atomic E-state index is 13.5. The highest BCUT2D eigenvalue weighted by atomic mass is 32.2. The zero-order valence-corrected chi connectivity index (χ0v) is 22.7. The molecule has 39 heavy (non-hydrogen) atoms. The molecule has 1 heterocycles. The zero-order valence-electron chi connectivity index (χ0n) is 21.9. The fraction of sp³-hybridized carbons (Fsp3) is 0.462. The summed E-state index contributed by atoms with van der Waals surface area (Å²) < 4.78 is 44.4. The number of carbonyl (C=O) groups excluding carboxylic acids is 1. The van der Waals surface area contributed by atoms with Crippen LogP contribution in [0.3, 0.4) is 0 Å². The van der Waals surface area contributed by atoms with Gasteiger partial charge < -0.3 is 35.5 Å². The molecular weight excluding hydrogens is 530 g/mol. The van der Waals surface area contributed by atoms with E-state index in [0.29, 0.717) is 35.8 Å². The third-order valence-corrected chi connectivity index (χ3v) is 7.76. The van der Waals surface area contributed by atoms with Gasteiger partial charge in [0.15, 0.2) is 11.5 Å². The largest absolute Gasteiger partial charge is 0.494 e.